The van der Waals surface area contributed by atoms with Gasteiger partial charge in [-0.1, -0.05) is 6.07 Å². The van der Waals surface area contributed by atoms with E-state index in [1.165, 1.54) is 0 Å². The molecule has 0 aromatic heterocycles. The molecule has 0 aliphatic heterocycles. The summed E-state index contributed by atoms with van der Waals surface area (Å²) >= 11 is 0. The van der Waals surface area contributed by atoms with E-state index in [0.717, 1.165) is 23.1 Å². The van der Waals surface area contributed by atoms with Crippen LogP contribution in [-0.4, -0.2) is 5.78 Å². The Labute approximate surface area is 89.3 Å². The Hall–Kier alpha value is -1.18. The minimum atomic E-state index is -0.146. The molecule has 0 amide bonds. The maximum absolute atomic E-state index is 13.8. The van der Waals surface area contributed by atoms with Crippen molar-refractivity contribution in [3.63, 3.8) is 0 Å². The molecular weight excluding hydrogens is 191 g/mol. The zero-order valence-corrected chi connectivity index (χ0v) is 9.14. The monoisotopic (exact) mass is 206 g/mol. The molecule has 1 saturated carbocycles. The van der Waals surface area contributed by atoms with Crippen LogP contribution >= 0.6 is 0 Å². The second-order valence-corrected chi connectivity index (χ2v) is 4.46. The van der Waals surface area contributed by atoms with Crippen LogP contribution < -0.4 is 0 Å². The van der Waals surface area contributed by atoms with Crippen LogP contribution in [0.25, 0.3) is 0 Å². The van der Waals surface area contributed by atoms with E-state index in [1.807, 2.05) is 19.9 Å². The molecule has 0 spiro atoms. The Balaban J connectivity index is 2.39. The number of carbonyl (C=O) groups excluding carboxylic acids is 1. The predicted octanol–water partition coefficient (Wildman–Crippen LogP) is 3.28. The third-order valence-corrected chi connectivity index (χ3v) is 3.13. The Morgan fingerprint density at radius 3 is 2.60 bits per heavy atom. The van der Waals surface area contributed by atoms with Crippen molar-refractivity contribution in [2.75, 3.05) is 0 Å². The van der Waals surface area contributed by atoms with Crippen molar-refractivity contribution < 1.29 is 9.18 Å². The van der Waals surface area contributed by atoms with Crippen LogP contribution in [-0.2, 0) is 4.79 Å². The summed E-state index contributed by atoms with van der Waals surface area (Å²) in [5.74, 6) is 0.227. The van der Waals surface area contributed by atoms with E-state index in [0.29, 0.717) is 12.8 Å². The smallest absolute Gasteiger partial charge is 0.133 e. The molecule has 2 rings (SSSR count). The van der Waals surface area contributed by atoms with Gasteiger partial charge in [0.05, 0.1) is 0 Å². The molecule has 0 heterocycles. The fourth-order valence-corrected chi connectivity index (χ4v) is 2.50. The highest BCUT2D eigenvalue weighted by Gasteiger charge is 2.27. The van der Waals surface area contributed by atoms with Crippen LogP contribution in [0.1, 0.15) is 41.9 Å². The molecule has 0 saturated heterocycles. The molecular formula is C13H15FO. The lowest BCUT2D eigenvalue weighted by molar-refractivity contribution is -0.117. The van der Waals surface area contributed by atoms with Crippen molar-refractivity contribution >= 4 is 5.78 Å². The average molecular weight is 206 g/mol. The second-order valence-electron chi connectivity index (χ2n) is 4.46. The first-order chi connectivity index (χ1) is 7.08. The summed E-state index contributed by atoms with van der Waals surface area (Å²) in [6, 6.07) is 3.55. The predicted molar refractivity (Wildman–Crippen MR) is 57.5 cm³/mol. The Kier molecular flexibility index (Phi) is 2.59. The highest BCUT2D eigenvalue weighted by molar-refractivity contribution is 5.81. The molecule has 1 fully saturated rings. The minimum Gasteiger partial charge on any atom is -0.300 e. The van der Waals surface area contributed by atoms with Crippen LogP contribution in [0.3, 0.4) is 0 Å². The van der Waals surface area contributed by atoms with Crippen LogP contribution in [0.5, 0.6) is 0 Å². The van der Waals surface area contributed by atoms with Gasteiger partial charge in [-0.2, -0.15) is 0 Å². The molecule has 0 bridgehead atoms. The van der Waals surface area contributed by atoms with Gasteiger partial charge in [-0.25, -0.2) is 4.39 Å². The van der Waals surface area contributed by atoms with E-state index >= 15 is 0 Å². The summed E-state index contributed by atoms with van der Waals surface area (Å²) in [7, 11) is 0. The summed E-state index contributed by atoms with van der Waals surface area (Å²) in [6.45, 7) is 3.81. The maximum atomic E-state index is 13.8. The molecule has 1 unspecified atom stereocenters. The highest BCUT2D eigenvalue weighted by atomic mass is 19.1. The average Bonchev–Trinajstić information content (AvgIpc) is 2.49. The summed E-state index contributed by atoms with van der Waals surface area (Å²) in [5.41, 5.74) is 2.68. The lowest BCUT2D eigenvalue weighted by Gasteiger charge is -2.14. The number of benzene rings is 1. The number of hydrogen-bond donors (Lipinski definition) is 0. The van der Waals surface area contributed by atoms with Crippen molar-refractivity contribution in [3.8, 4) is 0 Å². The second kappa shape index (κ2) is 3.76. The van der Waals surface area contributed by atoms with Crippen LogP contribution in [0.4, 0.5) is 4.39 Å². The van der Waals surface area contributed by atoms with E-state index < -0.39 is 0 Å². The van der Waals surface area contributed by atoms with E-state index in [-0.39, 0.29) is 17.5 Å². The molecule has 1 atom stereocenters. The van der Waals surface area contributed by atoms with Gasteiger partial charge in [0.2, 0.25) is 0 Å². The van der Waals surface area contributed by atoms with Gasteiger partial charge < -0.3 is 0 Å². The summed E-state index contributed by atoms with van der Waals surface area (Å²) in [6.07, 6.45) is 1.93. The number of aryl methyl sites for hydroxylation is 2. The molecule has 1 aromatic carbocycles. The van der Waals surface area contributed by atoms with Gasteiger partial charge in [0.1, 0.15) is 11.6 Å². The Morgan fingerprint density at radius 2 is 2.07 bits per heavy atom. The van der Waals surface area contributed by atoms with Crippen molar-refractivity contribution in [2.45, 2.75) is 39.0 Å². The Bertz CT molecular complexity index is 386. The number of rotatable bonds is 1. The van der Waals surface area contributed by atoms with Crippen LogP contribution in [0.15, 0.2) is 12.1 Å². The maximum Gasteiger partial charge on any atom is 0.133 e. The molecule has 0 radical (unpaired) electrons. The van der Waals surface area contributed by atoms with Crippen molar-refractivity contribution in [1.82, 2.24) is 0 Å². The van der Waals surface area contributed by atoms with Gasteiger partial charge in [0, 0.05) is 12.8 Å². The van der Waals surface area contributed by atoms with Gasteiger partial charge in [-0.05, 0) is 48.9 Å². The van der Waals surface area contributed by atoms with E-state index in [9.17, 15) is 9.18 Å². The van der Waals surface area contributed by atoms with E-state index in [1.54, 1.807) is 6.07 Å². The summed E-state index contributed by atoms with van der Waals surface area (Å²) in [4.78, 5) is 11.2. The van der Waals surface area contributed by atoms with Crippen molar-refractivity contribution in [1.29, 1.82) is 0 Å². The normalized spacial score (nSPS) is 21.0. The fourth-order valence-electron chi connectivity index (χ4n) is 2.50. The highest BCUT2D eigenvalue weighted by Crippen LogP contribution is 2.35. The lowest BCUT2D eigenvalue weighted by atomic mass is 9.92. The lowest BCUT2D eigenvalue weighted by Crippen LogP contribution is -2.02. The molecule has 2 heteroatoms. The van der Waals surface area contributed by atoms with E-state index in [4.69, 9.17) is 0 Å². The molecule has 1 aromatic rings. The summed E-state index contributed by atoms with van der Waals surface area (Å²) in [5, 5.41) is 0. The zero-order chi connectivity index (χ0) is 11.0. The van der Waals surface area contributed by atoms with Gasteiger partial charge in [0.25, 0.3) is 0 Å². The number of carbonyl (C=O) groups is 1. The summed E-state index contributed by atoms with van der Waals surface area (Å²) < 4.78 is 13.8. The molecule has 1 aliphatic carbocycles. The van der Waals surface area contributed by atoms with Gasteiger partial charge >= 0.3 is 0 Å². The number of halogens is 1. The standard InChI is InChI=1S/C13H15FO/c1-8-5-9(2)13(12(14)6-8)10-3-4-11(15)7-10/h5-6,10H,3-4,7H2,1-2H3. The van der Waals surface area contributed by atoms with Crippen LogP contribution in [0.2, 0.25) is 0 Å². The number of Topliss-reactive ketones (excluding diaryl/α,β-unsaturated/α-hetero) is 1. The largest absolute Gasteiger partial charge is 0.300 e. The number of ketones is 1. The third-order valence-electron chi connectivity index (χ3n) is 3.13. The first-order valence-corrected chi connectivity index (χ1v) is 5.36. The van der Waals surface area contributed by atoms with Gasteiger partial charge in [-0.15, -0.1) is 0 Å². The molecule has 15 heavy (non-hydrogen) atoms. The first-order valence-electron chi connectivity index (χ1n) is 5.36. The van der Waals surface area contributed by atoms with Crippen LogP contribution in [0, 0.1) is 19.7 Å². The SMILES string of the molecule is Cc1cc(C)c(C2CCC(=O)C2)c(F)c1. The number of hydrogen-bond acceptors (Lipinski definition) is 1. The van der Waals surface area contributed by atoms with Gasteiger partial charge in [0.15, 0.2) is 0 Å². The first kappa shape index (κ1) is 10.3. The molecule has 0 N–H and O–H groups in total. The third kappa shape index (κ3) is 1.94. The van der Waals surface area contributed by atoms with E-state index in [2.05, 4.69) is 0 Å². The van der Waals surface area contributed by atoms with Gasteiger partial charge in [-0.3, -0.25) is 4.79 Å². The molecule has 80 valence electrons. The fraction of sp³-hybridized carbons (Fsp3) is 0.462. The quantitative estimate of drug-likeness (QED) is 0.689. The Morgan fingerprint density at radius 1 is 1.33 bits per heavy atom. The van der Waals surface area contributed by atoms with Crippen molar-refractivity contribution in [3.05, 3.63) is 34.6 Å². The van der Waals surface area contributed by atoms with Crippen molar-refractivity contribution in [2.24, 2.45) is 0 Å². The molecule has 1 nitrogen and oxygen atoms in total. The topological polar surface area (TPSA) is 17.1 Å². The zero-order valence-electron chi connectivity index (χ0n) is 9.14. The molecule has 1 aliphatic rings. The minimum absolute atomic E-state index is 0.109.